The highest BCUT2D eigenvalue weighted by atomic mass is 35.5. The standard InChI is InChI=1S/C9H12ClNO2S/c1-8-3-5-11-9(7-8)14(12,13)6-2-4-10/h3,5,7H,2,4,6H2,1H3. The first kappa shape index (κ1) is 11.5. The predicted molar refractivity (Wildman–Crippen MR) is 56.4 cm³/mol. The molecule has 0 saturated carbocycles. The zero-order valence-corrected chi connectivity index (χ0v) is 9.48. The molecule has 14 heavy (non-hydrogen) atoms. The number of aryl methyl sites for hydroxylation is 1. The van der Waals surface area contributed by atoms with Crippen molar-refractivity contribution >= 4 is 21.4 Å². The van der Waals surface area contributed by atoms with Gasteiger partial charge in [-0.3, -0.25) is 0 Å². The van der Waals surface area contributed by atoms with E-state index in [1.165, 1.54) is 6.20 Å². The fraction of sp³-hybridized carbons (Fsp3) is 0.444. The van der Waals surface area contributed by atoms with Gasteiger partial charge < -0.3 is 0 Å². The molecule has 1 rings (SSSR count). The van der Waals surface area contributed by atoms with Crippen LogP contribution in [0.2, 0.25) is 0 Å². The summed E-state index contributed by atoms with van der Waals surface area (Å²) in [6, 6.07) is 3.34. The number of aromatic nitrogens is 1. The molecule has 0 saturated heterocycles. The highest BCUT2D eigenvalue weighted by Crippen LogP contribution is 2.10. The van der Waals surface area contributed by atoms with Gasteiger partial charge in [0.25, 0.3) is 0 Å². The summed E-state index contributed by atoms with van der Waals surface area (Å²) in [5.74, 6) is 0.415. The molecule has 0 aliphatic rings. The molecule has 1 aromatic heterocycles. The van der Waals surface area contributed by atoms with Crippen LogP contribution in [0.4, 0.5) is 0 Å². The molecule has 0 N–H and O–H groups in total. The lowest BCUT2D eigenvalue weighted by Crippen LogP contribution is -2.09. The SMILES string of the molecule is Cc1ccnc(S(=O)(=O)CCCCl)c1. The molecule has 0 bridgehead atoms. The summed E-state index contributed by atoms with van der Waals surface area (Å²) in [6.45, 7) is 1.84. The molecule has 1 aromatic rings. The summed E-state index contributed by atoms with van der Waals surface area (Å²) < 4.78 is 23.2. The maximum Gasteiger partial charge on any atom is 0.195 e. The number of alkyl halides is 1. The zero-order valence-electron chi connectivity index (χ0n) is 7.90. The van der Waals surface area contributed by atoms with Crippen LogP contribution < -0.4 is 0 Å². The molecule has 0 atom stereocenters. The summed E-state index contributed by atoms with van der Waals surface area (Å²) in [4.78, 5) is 3.83. The highest BCUT2D eigenvalue weighted by Gasteiger charge is 2.14. The number of hydrogen-bond acceptors (Lipinski definition) is 3. The summed E-state index contributed by atoms with van der Waals surface area (Å²) in [5.41, 5.74) is 0.893. The second-order valence-corrected chi connectivity index (χ2v) is 5.47. The molecule has 1 heterocycles. The Morgan fingerprint density at radius 2 is 2.21 bits per heavy atom. The number of pyridine rings is 1. The third-order valence-corrected chi connectivity index (χ3v) is 3.71. The first-order valence-electron chi connectivity index (χ1n) is 4.27. The van der Waals surface area contributed by atoms with Crippen molar-refractivity contribution in [2.75, 3.05) is 11.6 Å². The lowest BCUT2D eigenvalue weighted by Gasteiger charge is -2.02. The lowest BCUT2D eigenvalue weighted by atomic mass is 10.3. The molecule has 5 heteroatoms. The monoisotopic (exact) mass is 233 g/mol. The van der Waals surface area contributed by atoms with E-state index in [1.807, 2.05) is 6.92 Å². The van der Waals surface area contributed by atoms with Crippen molar-refractivity contribution in [2.24, 2.45) is 0 Å². The number of hydrogen-bond donors (Lipinski definition) is 0. The Morgan fingerprint density at radius 1 is 1.50 bits per heavy atom. The average molecular weight is 234 g/mol. The van der Waals surface area contributed by atoms with Crippen molar-refractivity contribution in [3.63, 3.8) is 0 Å². The molecular formula is C9H12ClNO2S. The second-order valence-electron chi connectivity index (χ2n) is 3.03. The third-order valence-electron chi connectivity index (χ3n) is 1.76. The third kappa shape index (κ3) is 2.96. The predicted octanol–water partition coefficient (Wildman–Crippen LogP) is 1.79. The summed E-state index contributed by atoms with van der Waals surface area (Å²) in [5, 5.41) is 0.141. The van der Waals surface area contributed by atoms with Crippen molar-refractivity contribution in [3.8, 4) is 0 Å². The van der Waals surface area contributed by atoms with E-state index in [1.54, 1.807) is 12.1 Å². The van der Waals surface area contributed by atoms with Crippen LogP contribution in [0.3, 0.4) is 0 Å². The van der Waals surface area contributed by atoms with E-state index in [9.17, 15) is 8.42 Å². The van der Waals surface area contributed by atoms with Crippen molar-refractivity contribution < 1.29 is 8.42 Å². The Hall–Kier alpha value is -0.610. The van der Waals surface area contributed by atoms with E-state index in [0.717, 1.165) is 5.56 Å². The minimum Gasteiger partial charge on any atom is -0.245 e. The zero-order chi connectivity index (χ0) is 10.6. The van der Waals surface area contributed by atoms with Gasteiger partial charge in [0.2, 0.25) is 0 Å². The van der Waals surface area contributed by atoms with Gasteiger partial charge in [0.15, 0.2) is 14.9 Å². The van der Waals surface area contributed by atoms with Gasteiger partial charge >= 0.3 is 0 Å². The van der Waals surface area contributed by atoms with E-state index < -0.39 is 9.84 Å². The average Bonchev–Trinajstić information content (AvgIpc) is 2.15. The molecule has 0 aliphatic heterocycles. The Bertz CT molecular complexity index is 403. The maximum atomic E-state index is 11.6. The Balaban J connectivity index is 2.93. The van der Waals surface area contributed by atoms with Crippen molar-refractivity contribution in [1.82, 2.24) is 4.98 Å². The van der Waals surface area contributed by atoms with Gasteiger partial charge in [-0.05, 0) is 31.0 Å². The summed E-state index contributed by atoms with van der Waals surface area (Å²) in [6.07, 6.45) is 1.96. The first-order chi connectivity index (χ1) is 6.56. The number of halogens is 1. The van der Waals surface area contributed by atoms with Crippen molar-refractivity contribution in [3.05, 3.63) is 23.9 Å². The summed E-state index contributed by atoms with van der Waals surface area (Å²) >= 11 is 5.44. The van der Waals surface area contributed by atoms with E-state index >= 15 is 0 Å². The van der Waals surface area contributed by atoms with E-state index in [2.05, 4.69) is 4.98 Å². The number of nitrogens with zero attached hydrogens (tertiary/aromatic N) is 1. The van der Waals surface area contributed by atoms with Crippen molar-refractivity contribution in [1.29, 1.82) is 0 Å². The van der Waals surface area contributed by atoms with Crippen LogP contribution in [0.1, 0.15) is 12.0 Å². The normalized spacial score (nSPS) is 11.6. The quantitative estimate of drug-likeness (QED) is 0.745. The minimum absolute atomic E-state index is 0.0625. The topological polar surface area (TPSA) is 47.0 Å². The molecule has 0 aliphatic carbocycles. The molecule has 0 spiro atoms. The molecule has 0 radical (unpaired) electrons. The number of rotatable bonds is 4. The van der Waals surface area contributed by atoms with Crippen molar-refractivity contribution in [2.45, 2.75) is 18.4 Å². The Kier molecular flexibility index (Phi) is 3.89. The fourth-order valence-electron chi connectivity index (χ4n) is 1.03. The second kappa shape index (κ2) is 4.75. The van der Waals surface area contributed by atoms with Crippen LogP contribution in [0.15, 0.2) is 23.4 Å². The van der Waals surface area contributed by atoms with Gasteiger partial charge in [-0.2, -0.15) is 0 Å². The molecule has 3 nitrogen and oxygen atoms in total. The maximum absolute atomic E-state index is 11.6. The van der Waals surface area contributed by atoms with Crippen LogP contribution in [0.5, 0.6) is 0 Å². The number of sulfone groups is 1. The fourth-order valence-corrected chi connectivity index (χ4v) is 2.64. The molecule has 0 unspecified atom stereocenters. The van der Waals surface area contributed by atoms with E-state index in [4.69, 9.17) is 11.6 Å². The minimum atomic E-state index is -3.24. The smallest absolute Gasteiger partial charge is 0.195 e. The Morgan fingerprint density at radius 3 is 2.79 bits per heavy atom. The molecule has 0 aromatic carbocycles. The Labute approximate surface area is 89.0 Å². The van der Waals surface area contributed by atoms with Gasteiger partial charge in [0.1, 0.15) is 0 Å². The highest BCUT2D eigenvalue weighted by molar-refractivity contribution is 7.91. The van der Waals surface area contributed by atoms with E-state index in [0.29, 0.717) is 12.3 Å². The van der Waals surface area contributed by atoms with Crippen LogP contribution in [-0.2, 0) is 9.84 Å². The largest absolute Gasteiger partial charge is 0.245 e. The lowest BCUT2D eigenvalue weighted by molar-refractivity contribution is 0.591. The molecule has 78 valence electrons. The van der Waals surface area contributed by atoms with Gasteiger partial charge in [-0.25, -0.2) is 13.4 Å². The first-order valence-corrected chi connectivity index (χ1v) is 6.46. The van der Waals surface area contributed by atoms with Gasteiger partial charge in [0.05, 0.1) is 5.75 Å². The van der Waals surface area contributed by atoms with Crippen LogP contribution in [0.25, 0.3) is 0 Å². The van der Waals surface area contributed by atoms with Crippen LogP contribution in [-0.4, -0.2) is 25.0 Å². The molecule has 0 fully saturated rings. The molecular weight excluding hydrogens is 222 g/mol. The van der Waals surface area contributed by atoms with Gasteiger partial charge in [-0.1, -0.05) is 0 Å². The van der Waals surface area contributed by atoms with Crippen LogP contribution >= 0.6 is 11.6 Å². The summed E-state index contributed by atoms with van der Waals surface area (Å²) in [7, 11) is -3.24. The van der Waals surface area contributed by atoms with Gasteiger partial charge in [-0.15, -0.1) is 11.6 Å². The van der Waals surface area contributed by atoms with Gasteiger partial charge in [0, 0.05) is 12.1 Å². The van der Waals surface area contributed by atoms with E-state index in [-0.39, 0.29) is 10.8 Å². The van der Waals surface area contributed by atoms with Crippen LogP contribution in [0, 0.1) is 6.92 Å². The molecule has 0 amide bonds.